The predicted molar refractivity (Wildman–Crippen MR) is 106 cm³/mol. The highest BCUT2D eigenvalue weighted by atomic mass is 16.1. The minimum absolute atomic E-state index is 0.213. The number of amides is 1. The molecule has 1 amide bonds. The molecule has 0 radical (unpaired) electrons. The highest BCUT2D eigenvalue weighted by Gasteiger charge is 2.27. The van der Waals surface area contributed by atoms with E-state index in [4.69, 9.17) is 5.26 Å². The second kappa shape index (κ2) is 8.81. The van der Waals surface area contributed by atoms with Crippen LogP contribution in [0.2, 0.25) is 0 Å². The van der Waals surface area contributed by atoms with Gasteiger partial charge in [-0.2, -0.15) is 5.26 Å². The number of carbonyl (C=O) groups excluding carboxylic acids is 1. The Morgan fingerprint density at radius 2 is 1.96 bits per heavy atom. The maximum atomic E-state index is 12.7. The van der Waals surface area contributed by atoms with E-state index in [1.165, 1.54) is 0 Å². The van der Waals surface area contributed by atoms with Crippen molar-refractivity contribution in [2.75, 3.05) is 5.32 Å². The minimum Gasteiger partial charge on any atom is -0.330 e. The van der Waals surface area contributed by atoms with Crippen LogP contribution in [0.25, 0.3) is 0 Å². The molecule has 1 unspecified atom stereocenters. The van der Waals surface area contributed by atoms with Gasteiger partial charge in [0.25, 0.3) is 5.91 Å². The second-order valence-electron chi connectivity index (χ2n) is 7.14. The van der Waals surface area contributed by atoms with E-state index in [1.54, 1.807) is 30.6 Å². The molecular weight excluding hydrogens is 340 g/mol. The maximum Gasteiger partial charge on any atom is 0.253 e. The van der Waals surface area contributed by atoms with Crippen LogP contribution in [0, 0.1) is 23.8 Å². The van der Waals surface area contributed by atoms with E-state index in [1.807, 2.05) is 52.1 Å². The summed E-state index contributed by atoms with van der Waals surface area (Å²) < 4.78 is 0. The monoisotopic (exact) mass is 364 g/mol. The summed E-state index contributed by atoms with van der Waals surface area (Å²) in [4.78, 5) is 21.3. The molecule has 1 heterocycles. The Morgan fingerprint density at radius 1 is 1.22 bits per heavy atom. The van der Waals surface area contributed by atoms with E-state index >= 15 is 0 Å². The first-order valence-electron chi connectivity index (χ1n) is 8.57. The van der Waals surface area contributed by atoms with Gasteiger partial charge >= 0.3 is 0 Å². The van der Waals surface area contributed by atoms with Crippen LogP contribution < -0.4 is 16.0 Å². The summed E-state index contributed by atoms with van der Waals surface area (Å²) in [6, 6.07) is 10.9. The number of anilines is 1. The number of guanidine groups is 1. The van der Waals surface area contributed by atoms with Crippen molar-refractivity contribution in [3.63, 3.8) is 0 Å². The topological polar surface area (TPSA) is 102 Å². The zero-order valence-corrected chi connectivity index (χ0v) is 15.9. The molecule has 0 saturated heterocycles. The number of nitrogens with one attached hydrogen (secondary N) is 3. The highest BCUT2D eigenvalue weighted by molar-refractivity contribution is 5.97. The van der Waals surface area contributed by atoms with Crippen molar-refractivity contribution in [1.29, 1.82) is 5.26 Å². The van der Waals surface area contributed by atoms with Crippen molar-refractivity contribution in [2.45, 2.75) is 33.9 Å². The molecule has 2 aromatic rings. The summed E-state index contributed by atoms with van der Waals surface area (Å²) in [6.45, 7) is 7.78. The normalized spacial score (nSPS) is 12.6. The third kappa shape index (κ3) is 5.82. The van der Waals surface area contributed by atoms with Gasteiger partial charge < -0.3 is 10.6 Å². The number of benzene rings is 1. The molecule has 7 heteroatoms. The first-order chi connectivity index (χ1) is 12.8. The first-order valence-corrected chi connectivity index (χ1v) is 8.57. The van der Waals surface area contributed by atoms with Gasteiger partial charge in [-0.3, -0.25) is 15.1 Å². The van der Waals surface area contributed by atoms with Crippen LogP contribution in [0.4, 0.5) is 5.69 Å². The van der Waals surface area contributed by atoms with Crippen LogP contribution in [0.3, 0.4) is 0 Å². The molecular formula is C20H24N6O. The van der Waals surface area contributed by atoms with Crippen molar-refractivity contribution in [3.05, 3.63) is 59.9 Å². The van der Waals surface area contributed by atoms with Crippen molar-refractivity contribution in [3.8, 4) is 6.19 Å². The average Bonchev–Trinajstić information content (AvgIpc) is 2.61. The van der Waals surface area contributed by atoms with Crippen molar-refractivity contribution < 1.29 is 4.79 Å². The molecule has 1 aromatic carbocycles. The first kappa shape index (κ1) is 19.9. The highest BCUT2D eigenvalue weighted by Crippen LogP contribution is 2.21. The van der Waals surface area contributed by atoms with Gasteiger partial charge in [0, 0.05) is 17.2 Å². The van der Waals surface area contributed by atoms with Gasteiger partial charge in [0.15, 0.2) is 6.19 Å². The molecule has 0 aliphatic rings. The van der Waals surface area contributed by atoms with Crippen LogP contribution in [0.1, 0.15) is 36.7 Å². The molecule has 2 rings (SSSR count). The summed E-state index contributed by atoms with van der Waals surface area (Å²) in [5.74, 6) is 0.0185. The number of aliphatic imine (C=N–C) groups is 1. The number of pyridine rings is 1. The SMILES string of the molecule is Cc1ccccc1C(=O)NC(N=C(NC#N)Nc1cccnc1)C(C)(C)C. The third-order valence-corrected chi connectivity index (χ3v) is 3.83. The summed E-state index contributed by atoms with van der Waals surface area (Å²) in [6.07, 6.45) is 4.57. The van der Waals surface area contributed by atoms with Crippen LogP contribution >= 0.6 is 0 Å². The van der Waals surface area contributed by atoms with Crippen LogP contribution in [-0.2, 0) is 0 Å². The van der Waals surface area contributed by atoms with Crippen LogP contribution in [-0.4, -0.2) is 23.0 Å². The summed E-state index contributed by atoms with van der Waals surface area (Å²) >= 11 is 0. The van der Waals surface area contributed by atoms with Gasteiger partial charge in [-0.1, -0.05) is 39.0 Å². The molecule has 27 heavy (non-hydrogen) atoms. The van der Waals surface area contributed by atoms with Gasteiger partial charge in [-0.15, -0.1) is 0 Å². The van der Waals surface area contributed by atoms with Gasteiger partial charge in [0.2, 0.25) is 5.96 Å². The molecule has 0 saturated carbocycles. The smallest absolute Gasteiger partial charge is 0.253 e. The Kier molecular flexibility index (Phi) is 6.50. The number of aromatic nitrogens is 1. The van der Waals surface area contributed by atoms with E-state index < -0.39 is 6.17 Å². The average molecular weight is 364 g/mol. The summed E-state index contributed by atoms with van der Waals surface area (Å²) in [5, 5.41) is 17.5. The molecule has 0 spiro atoms. The van der Waals surface area contributed by atoms with Crippen molar-refractivity contribution in [1.82, 2.24) is 15.6 Å². The Labute approximate surface area is 159 Å². The Hall–Kier alpha value is -3.40. The third-order valence-electron chi connectivity index (χ3n) is 3.83. The zero-order chi connectivity index (χ0) is 19.9. The molecule has 0 aliphatic carbocycles. The Bertz CT molecular complexity index is 849. The number of carbonyl (C=O) groups is 1. The second-order valence-corrected chi connectivity index (χ2v) is 7.14. The van der Waals surface area contributed by atoms with E-state index in [0.29, 0.717) is 11.3 Å². The van der Waals surface area contributed by atoms with E-state index in [9.17, 15) is 4.79 Å². The van der Waals surface area contributed by atoms with Gasteiger partial charge in [-0.25, -0.2) is 4.99 Å². The predicted octanol–water partition coefficient (Wildman–Crippen LogP) is 3.03. The lowest BCUT2D eigenvalue weighted by Gasteiger charge is -2.29. The standard InChI is InChI=1S/C20H24N6O/c1-14-8-5-6-10-16(14)17(27)25-18(20(2,3)4)26-19(23-13-21)24-15-9-7-11-22-12-15/h5-12,18H,1-4H3,(H,25,27)(H2,23,24,26). The fourth-order valence-corrected chi connectivity index (χ4v) is 2.32. The van der Waals surface area contributed by atoms with E-state index in [2.05, 4.69) is 25.9 Å². The lowest BCUT2D eigenvalue weighted by molar-refractivity contribution is 0.0905. The van der Waals surface area contributed by atoms with Crippen LogP contribution in [0.15, 0.2) is 53.8 Å². The summed E-state index contributed by atoms with van der Waals surface area (Å²) in [7, 11) is 0. The number of hydrogen-bond acceptors (Lipinski definition) is 4. The molecule has 1 aromatic heterocycles. The van der Waals surface area contributed by atoms with Gasteiger partial charge in [0.1, 0.15) is 6.17 Å². The number of hydrogen-bond donors (Lipinski definition) is 3. The fraction of sp³-hybridized carbons (Fsp3) is 0.300. The van der Waals surface area contributed by atoms with E-state index in [0.717, 1.165) is 5.56 Å². The molecule has 1 atom stereocenters. The van der Waals surface area contributed by atoms with Crippen LogP contribution in [0.5, 0.6) is 0 Å². The molecule has 3 N–H and O–H groups in total. The van der Waals surface area contributed by atoms with E-state index in [-0.39, 0.29) is 17.3 Å². The Morgan fingerprint density at radius 3 is 2.56 bits per heavy atom. The lowest BCUT2D eigenvalue weighted by atomic mass is 9.92. The molecule has 0 fully saturated rings. The quantitative estimate of drug-likeness (QED) is 0.335. The fourth-order valence-electron chi connectivity index (χ4n) is 2.32. The molecule has 0 bridgehead atoms. The number of rotatable bonds is 4. The van der Waals surface area contributed by atoms with Crippen molar-refractivity contribution in [2.24, 2.45) is 10.4 Å². The van der Waals surface area contributed by atoms with Gasteiger partial charge in [0.05, 0.1) is 11.9 Å². The zero-order valence-electron chi connectivity index (χ0n) is 15.9. The number of nitrogens with zero attached hydrogens (tertiary/aromatic N) is 3. The largest absolute Gasteiger partial charge is 0.330 e. The maximum absolute atomic E-state index is 12.7. The molecule has 7 nitrogen and oxygen atoms in total. The van der Waals surface area contributed by atoms with Gasteiger partial charge in [-0.05, 0) is 30.7 Å². The number of aryl methyl sites for hydroxylation is 1. The van der Waals surface area contributed by atoms with Crippen molar-refractivity contribution >= 4 is 17.6 Å². The number of nitriles is 1. The summed E-state index contributed by atoms with van der Waals surface area (Å²) in [5.41, 5.74) is 1.78. The Balaban J connectivity index is 2.28. The lowest BCUT2D eigenvalue weighted by Crippen LogP contribution is -2.45. The molecule has 140 valence electrons. The minimum atomic E-state index is -0.565. The molecule has 0 aliphatic heterocycles.